The number of halogens is 1. The van der Waals surface area contributed by atoms with Crippen LogP contribution in [-0.2, 0) is 5.41 Å². The number of hydrogen-bond acceptors (Lipinski definition) is 4. The molecule has 0 bridgehead atoms. The van der Waals surface area contributed by atoms with Gasteiger partial charge in [-0.05, 0) is 11.5 Å². The van der Waals surface area contributed by atoms with Gasteiger partial charge in [0.2, 0.25) is 0 Å². The molecule has 1 N–H and O–H groups in total. The van der Waals surface area contributed by atoms with E-state index in [9.17, 15) is 0 Å². The highest BCUT2D eigenvalue weighted by Crippen LogP contribution is 2.42. The van der Waals surface area contributed by atoms with E-state index in [1.807, 2.05) is 7.05 Å². The molecule has 0 aliphatic carbocycles. The van der Waals surface area contributed by atoms with Crippen LogP contribution in [0, 0.1) is 0 Å². The molecule has 0 saturated carbocycles. The lowest BCUT2D eigenvalue weighted by atomic mass is 9.86. The number of pyridine rings is 1. The maximum absolute atomic E-state index is 6.28. The van der Waals surface area contributed by atoms with E-state index in [1.54, 1.807) is 20.3 Å². The number of fused-ring (bicyclic) bond motifs is 1. The molecule has 4 nitrogen and oxygen atoms in total. The van der Waals surface area contributed by atoms with Gasteiger partial charge in [-0.2, -0.15) is 0 Å². The highest BCUT2D eigenvalue weighted by atomic mass is 35.5. The molecule has 0 aliphatic rings. The van der Waals surface area contributed by atoms with Gasteiger partial charge in [-0.25, -0.2) is 4.98 Å². The number of benzene rings is 1. The Morgan fingerprint density at radius 2 is 1.81 bits per heavy atom. The first-order chi connectivity index (χ1) is 9.83. The third-order valence-corrected chi connectivity index (χ3v) is 3.72. The summed E-state index contributed by atoms with van der Waals surface area (Å²) in [6.45, 7) is 6.43. The summed E-state index contributed by atoms with van der Waals surface area (Å²) in [6.07, 6.45) is 0. The average Bonchev–Trinajstić information content (AvgIpc) is 2.44. The lowest BCUT2D eigenvalue weighted by Crippen LogP contribution is -2.15. The molecule has 1 aromatic heterocycles. The first-order valence-electron chi connectivity index (χ1n) is 6.77. The molecule has 1 aromatic carbocycles. The highest BCUT2D eigenvalue weighted by molar-refractivity contribution is 6.33. The highest BCUT2D eigenvalue weighted by Gasteiger charge is 2.23. The Balaban J connectivity index is 2.93. The van der Waals surface area contributed by atoms with E-state index in [0.717, 1.165) is 22.3 Å². The van der Waals surface area contributed by atoms with Crippen molar-refractivity contribution in [1.29, 1.82) is 0 Å². The minimum atomic E-state index is -0.0555. The number of ether oxygens (including phenoxy) is 2. The van der Waals surface area contributed by atoms with E-state index in [0.29, 0.717) is 16.5 Å². The average molecular weight is 309 g/mol. The van der Waals surface area contributed by atoms with Crippen LogP contribution < -0.4 is 14.8 Å². The van der Waals surface area contributed by atoms with E-state index in [2.05, 4.69) is 32.2 Å². The molecule has 0 atom stereocenters. The Morgan fingerprint density at radius 1 is 1.14 bits per heavy atom. The van der Waals surface area contributed by atoms with Gasteiger partial charge < -0.3 is 14.8 Å². The summed E-state index contributed by atoms with van der Waals surface area (Å²) in [5, 5.41) is 4.52. The number of rotatable bonds is 3. The Bertz CT molecular complexity index is 678. The fourth-order valence-corrected chi connectivity index (χ4v) is 2.66. The van der Waals surface area contributed by atoms with E-state index in [-0.39, 0.29) is 5.41 Å². The summed E-state index contributed by atoms with van der Waals surface area (Å²) >= 11 is 6.28. The second-order valence-corrected chi connectivity index (χ2v) is 6.28. The topological polar surface area (TPSA) is 43.4 Å². The standard InChI is InChI=1S/C16H21ClN2O2/c1-16(2,3)10-7-9-13(19-15(10)18-4)12(20-5)8-11(17)14(9)21-6/h7-8H,1-6H3,(H,18,19). The van der Waals surface area contributed by atoms with E-state index in [1.165, 1.54) is 0 Å². The van der Waals surface area contributed by atoms with Crippen molar-refractivity contribution in [3.63, 3.8) is 0 Å². The Kier molecular flexibility index (Phi) is 4.19. The minimum Gasteiger partial charge on any atom is -0.494 e. The number of nitrogens with zero attached hydrogens (tertiary/aromatic N) is 1. The van der Waals surface area contributed by atoms with Crippen molar-refractivity contribution in [2.75, 3.05) is 26.6 Å². The van der Waals surface area contributed by atoms with Crippen molar-refractivity contribution in [3.8, 4) is 11.5 Å². The molecule has 0 radical (unpaired) electrons. The first kappa shape index (κ1) is 15.7. The molecular weight excluding hydrogens is 288 g/mol. The Morgan fingerprint density at radius 3 is 2.29 bits per heavy atom. The molecule has 2 rings (SSSR count). The van der Waals surface area contributed by atoms with Crippen LogP contribution in [0.3, 0.4) is 0 Å². The zero-order valence-corrected chi connectivity index (χ0v) is 14.1. The monoisotopic (exact) mass is 308 g/mol. The first-order valence-corrected chi connectivity index (χ1v) is 7.14. The van der Waals surface area contributed by atoms with Crippen molar-refractivity contribution in [2.45, 2.75) is 26.2 Å². The molecule has 21 heavy (non-hydrogen) atoms. The molecule has 2 aromatic rings. The molecular formula is C16H21ClN2O2. The van der Waals surface area contributed by atoms with Crippen LogP contribution in [0.5, 0.6) is 11.5 Å². The lowest BCUT2D eigenvalue weighted by molar-refractivity contribution is 0.410. The molecule has 0 fully saturated rings. The van der Waals surface area contributed by atoms with Gasteiger partial charge in [0, 0.05) is 24.1 Å². The lowest BCUT2D eigenvalue weighted by Gasteiger charge is -2.23. The molecule has 1 heterocycles. The smallest absolute Gasteiger partial charge is 0.147 e. The number of hydrogen-bond donors (Lipinski definition) is 1. The summed E-state index contributed by atoms with van der Waals surface area (Å²) in [7, 11) is 5.08. The fraction of sp³-hybridized carbons (Fsp3) is 0.438. The zero-order valence-electron chi connectivity index (χ0n) is 13.3. The van der Waals surface area contributed by atoms with Gasteiger partial charge in [0.25, 0.3) is 0 Å². The van der Waals surface area contributed by atoms with Crippen molar-refractivity contribution < 1.29 is 9.47 Å². The van der Waals surface area contributed by atoms with Crippen LogP contribution in [0.4, 0.5) is 5.82 Å². The Labute approximate surface area is 130 Å². The molecule has 114 valence electrons. The molecule has 0 aliphatic heterocycles. The minimum absolute atomic E-state index is 0.0555. The van der Waals surface area contributed by atoms with Gasteiger partial charge in [0.1, 0.15) is 22.8 Å². The molecule has 0 saturated heterocycles. The molecule has 0 unspecified atom stereocenters. The number of anilines is 1. The maximum Gasteiger partial charge on any atom is 0.147 e. The normalized spacial score (nSPS) is 11.6. The van der Waals surface area contributed by atoms with Crippen molar-refractivity contribution in [3.05, 3.63) is 22.7 Å². The second kappa shape index (κ2) is 5.60. The van der Waals surface area contributed by atoms with Crippen molar-refractivity contribution >= 4 is 28.3 Å². The van der Waals surface area contributed by atoms with Gasteiger partial charge in [-0.1, -0.05) is 32.4 Å². The largest absolute Gasteiger partial charge is 0.494 e. The van der Waals surface area contributed by atoms with E-state index in [4.69, 9.17) is 26.1 Å². The van der Waals surface area contributed by atoms with Crippen LogP contribution >= 0.6 is 11.6 Å². The van der Waals surface area contributed by atoms with Gasteiger partial charge in [0.15, 0.2) is 0 Å². The Hall–Kier alpha value is -1.68. The van der Waals surface area contributed by atoms with Crippen LogP contribution in [-0.4, -0.2) is 26.3 Å². The van der Waals surface area contributed by atoms with Gasteiger partial charge in [0.05, 0.1) is 19.2 Å². The predicted molar refractivity (Wildman–Crippen MR) is 88.1 cm³/mol. The number of nitrogens with one attached hydrogen (secondary N) is 1. The quantitative estimate of drug-likeness (QED) is 0.921. The van der Waals surface area contributed by atoms with Crippen LogP contribution in [0.15, 0.2) is 12.1 Å². The van der Waals surface area contributed by atoms with Crippen molar-refractivity contribution in [1.82, 2.24) is 4.98 Å². The summed E-state index contributed by atoms with van der Waals surface area (Å²) in [6, 6.07) is 3.80. The fourth-order valence-electron chi connectivity index (χ4n) is 2.38. The van der Waals surface area contributed by atoms with E-state index >= 15 is 0 Å². The molecule has 5 heteroatoms. The predicted octanol–water partition coefficient (Wildman–Crippen LogP) is 4.24. The summed E-state index contributed by atoms with van der Waals surface area (Å²) in [4.78, 5) is 4.71. The van der Waals surface area contributed by atoms with Gasteiger partial charge in [-0.15, -0.1) is 0 Å². The molecule has 0 spiro atoms. The third-order valence-electron chi connectivity index (χ3n) is 3.44. The van der Waals surface area contributed by atoms with Crippen LogP contribution in [0.1, 0.15) is 26.3 Å². The van der Waals surface area contributed by atoms with Crippen LogP contribution in [0.2, 0.25) is 5.02 Å². The van der Waals surface area contributed by atoms with Crippen LogP contribution in [0.25, 0.3) is 10.9 Å². The van der Waals surface area contributed by atoms with E-state index < -0.39 is 0 Å². The zero-order chi connectivity index (χ0) is 15.8. The van der Waals surface area contributed by atoms with Gasteiger partial charge in [-0.3, -0.25) is 0 Å². The maximum atomic E-state index is 6.28. The summed E-state index contributed by atoms with van der Waals surface area (Å²) in [5.41, 5.74) is 1.77. The summed E-state index contributed by atoms with van der Waals surface area (Å²) < 4.78 is 10.9. The van der Waals surface area contributed by atoms with Gasteiger partial charge >= 0.3 is 0 Å². The third kappa shape index (κ3) is 2.72. The van der Waals surface area contributed by atoms with Crippen molar-refractivity contribution in [2.24, 2.45) is 0 Å². The SMILES string of the molecule is CNc1nc2c(OC)cc(Cl)c(OC)c2cc1C(C)(C)C. The summed E-state index contributed by atoms with van der Waals surface area (Å²) in [5.74, 6) is 2.08. The molecule has 0 amide bonds. The second-order valence-electron chi connectivity index (χ2n) is 5.87. The number of aromatic nitrogens is 1. The number of methoxy groups -OCH3 is 2.